The van der Waals surface area contributed by atoms with Crippen LogP contribution in [-0.4, -0.2) is 42.6 Å². The Hall–Kier alpha value is -1.55. The first-order valence-electron chi connectivity index (χ1n) is 7.78. The lowest BCUT2D eigenvalue weighted by Crippen LogP contribution is -2.55. The monoisotopic (exact) mass is 290 g/mol. The van der Waals surface area contributed by atoms with Crippen LogP contribution in [0, 0.1) is 6.92 Å². The van der Waals surface area contributed by atoms with Crippen LogP contribution in [0.15, 0.2) is 24.3 Å². The van der Waals surface area contributed by atoms with Gasteiger partial charge in [-0.2, -0.15) is 0 Å². The van der Waals surface area contributed by atoms with Crippen LogP contribution >= 0.6 is 0 Å². The molecule has 1 heterocycles. The van der Waals surface area contributed by atoms with E-state index in [1.54, 1.807) is 0 Å². The molecule has 1 aromatic rings. The van der Waals surface area contributed by atoms with Crippen molar-refractivity contribution in [1.82, 2.24) is 10.2 Å². The van der Waals surface area contributed by atoms with E-state index in [0.717, 1.165) is 30.8 Å². The fraction of sp³-hybridized carbons (Fsp3) is 0.588. The van der Waals surface area contributed by atoms with Gasteiger partial charge in [0.25, 0.3) is 0 Å². The minimum Gasteiger partial charge on any atom is -0.493 e. The number of benzene rings is 1. The summed E-state index contributed by atoms with van der Waals surface area (Å²) in [6.07, 6.45) is 1.32. The average Bonchev–Trinajstić information content (AvgIpc) is 2.44. The molecule has 0 aliphatic carbocycles. The fourth-order valence-corrected chi connectivity index (χ4v) is 2.81. The second kappa shape index (κ2) is 7.46. The third-order valence-corrected chi connectivity index (χ3v) is 3.80. The van der Waals surface area contributed by atoms with Crippen LogP contribution in [0.25, 0.3) is 0 Å². The highest BCUT2D eigenvalue weighted by Crippen LogP contribution is 2.16. The number of hydrogen-bond acceptors (Lipinski definition) is 3. The molecule has 1 aliphatic heterocycles. The van der Waals surface area contributed by atoms with E-state index in [1.165, 1.54) is 0 Å². The number of ether oxygens (including phenoxy) is 1. The number of nitrogens with one attached hydrogen (secondary N) is 1. The Kier molecular flexibility index (Phi) is 5.62. The maximum absolute atomic E-state index is 12.2. The summed E-state index contributed by atoms with van der Waals surface area (Å²) >= 11 is 0. The van der Waals surface area contributed by atoms with Crippen molar-refractivity contribution in [2.75, 3.05) is 19.7 Å². The number of aryl methyl sites for hydroxylation is 1. The first kappa shape index (κ1) is 15.8. The van der Waals surface area contributed by atoms with E-state index in [-0.39, 0.29) is 5.91 Å². The van der Waals surface area contributed by atoms with Crippen molar-refractivity contribution in [2.45, 2.75) is 45.7 Å². The van der Waals surface area contributed by atoms with Crippen LogP contribution in [0.1, 0.15) is 32.3 Å². The van der Waals surface area contributed by atoms with Gasteiger partial charge in [0.1, 0.15) is 5.75 Å². The molecule has 21 heavy (non-hydrogen) atoms. The van der Waals surface area contributed by atoms with Gasteiger partial charge < -0.3 is 15.0 Å². The van der Waals surface area contributed by atoms with E-state index in [2.05, 4.69) is 19.2 Å². The zero-order valence-corrected chi connectivity index (χ0v) is 13.3. The molecule has 4 heteroatoms. The van der Waals surface area contributed by atoms with E-state index < -0.39 is 0 Å². The van der Waals surface area contributed by atoms with E-state index in [4.69, 9.17) is 4.74 Å². The summed E-state index contributed by atoms with van der Waals surface area (Å²) in [7, 11) is 0. The van der Waals surface area contributed by atoms with Crippen LogP contribution in [-0.2, 0) is 4.79 Å². The Labute approximate surface area is 127 Å². The molecule has 0 aromatic heterocycles. The van der Waals surface area contributed by atoms with Crippen molar-refractivity contribution in [1.29, 1.82) is 0 Å². The number of nitrogens with zero attached hydrogens (tertiary/aromatic N) is 1. The fourth-order valence-electron chi connectivity index (χ4n) is 2.81. The summed E-state index contributed by atoms with van der Waals surface area (Å²) in [4.78, 5) is 14.2. The molecule has 0 bridgehead atoms. The third-order valence-electron chi connectivity index (χ3n) is 3.80. The number of hydrogen-bond donors (Lipinski definition) is 1. The van der Waals surface area contributed by atoms with Crippen LogP contribution in [0.4, 0.5) is 0 Å². The SMILES string of the molecule is Cc1ccccc1OCCCC(=O)N1C[C@@H](C)N[C@@H](C)C1. The third kappa shape index (κ3) is 4.74. The predicted octanol–water partition coefficient (Wildman–Crippen LogP) is 2.36. The molecule has 0 saturated carbocycles. The molecule has 1 N–H and O–H groups in total. The molecule has 0 radical (unpaired) electrons. The summed E-state index contributed by atoms with van der Waals surface area (Å²) in [6.45, 7) is 8.48. The second-order valence-electron chi connectivity index (χ2n) is 5.98. The van der Waals surface area contributed by atoms with Crippen LogP contribution in [0.5, 0.6) is 5.75 Å². The van der Waals surface area contributed by atoms with Gasteiger partial charge in [-0.05, 0) is 38.8 Å². The maximum Gasteiger partial charge on any atom is 0.222 e. The molecule has 1 amide bonds. The lowest BCUT2D eigenvalue weighted by molar-refractivity contribution is -0.133. The summed E-state index contributed by atoms with van der Waals surface area (Å²) in [5.74, 6) is 1.15. The minimum atomic E-state index is 0.239. The van der Waals surface area contributed by atoms with E-state index >= 15 is 0 Å². The van der Waals surface area contributed by atoms with Gasteiger partial charge in [-0.3, -0.25) is 4.79 Å². The molecule has 1 fully saturated rings. The number of amides is 1. The zero-order chi connectivity index (χ0) is 15.2. The summed E-state index contributed by atoms with van der Waals surface area (Å²) < 4.78 is 5.73. The van der Waals surface area contributed by atoms with Crippen molar-refractivity contribution in [3.05, 3.63) is 29.8 Å². The highest BCUT2D eigenvalue weighted by atomic mass is 16.5. The Morgan fingerprint density at radius 3 is 2.62 bits per heavy atom. The lowest BCUT2D eigenvalue weighted by Gasteiger charge is -2.36. The Morgan fingerprint density at radius 1 is 1.29 bits per heavy atom. The largest absolute Gasteiger partial charge is 0.493 e. The highest BCUT2D eigenvalue weighted by molar-refractivity contribution is 5.76. The number of carbonyl (C=O) groups is 1. The smallest absolute Gasteiger partial charge is 0.222 e. The second-order valence-corrected chi connectivity index (χ2v) is 5.98. The molecule has 0 spiro atoms. The number of para-hydroxylation sites is 1. The van der Waals surface area contributed by atoms with Crippen molar-refractivity contribution in [3.8, 4) is 5.75 Å². The maximum atomic E-state index is 12.2. The number of rotatable bonds is 5. The van der Waals surface area contributed by atoms with Gasteiger partial charge in [0.2, 0.25) is 5.91 Å². The molecule has 0 unspecified atom stereocenters. The van der Waals surface area contributed by atoms with Crippen molar-refractivity contribution >= 4 is 5.91 Å². The van der Waals surface area contributed by atoms with Crippen molar-refractivity contribution in [2.24, 2.45) is 0 Å². The Balaban J connectivity index is 1.71. The van der Waals surface area contributed by atoms with Gasteiger partial charge >= 0.3 is 0 Å². The first-order valence-corrected chi connectivity index (χ1v) is 7.78. The van der Waals surface area contributed by atoms with Gasteiger partial charge in [-0.15, -0.1) is 0 Å². The summed E-state index contributed by atoms with van der Waals surface area (Å²) in [5.41, 5.74) is 1.13. The van der Waals surface area contributed by atoms with Gasteiger partial charge in [-0.1, -0.05) is 18.2 Å². The van der Waals surface area contributed by atoms with Crippen molar-refractivity contribution < 1.29 is 9.53 Å². The molecule has 2 atom stereocenters. The summed E-state index contributed by atoms with van der Waals surface area (Å²) in [6, 6.07) is 8.72. The summed E-state index contributed by atoms with van der Waals surface area (Å²) in [5, 5.41) is 3.44. The van der Waals surface area contributed by atoms with Gasteiger partial charge in [0.05, 0.1) is 6.61 Å². The Bertz CT molecular complexity index is 466. The first-order chi connectivity index (χ1) is 10.1. The lowest BCUT2D eigenvalue weighted by atomic mass is 10.1. The minimum absolute atomic E-state index is 0.239. The van der Waals surface area contributed by atoms with Gasteiger partial charge in [-0.25, -0.2) is 0 Å². The van der Waals surface area contributed by atoms with Gasteiger partial charge in [0.15, 0.2) is 0 Å². The molecular weight excluding hydrogens is 264 g/mol. The molecule has 116 valence electrons. The molecule has 1 aliphatic rings. The molecule has 4 nitrogen and oxygen atoms in total. The van der Waals surface area contributed by atoms with Gasteiger partial charge in [0, 0.05) is 31.6 Å². The topological polar surface area (TPSA) is 41.6 Å². The van der Waals surface area contributed by atoms with E-state index in [0.29, 0.717) is 25.1 Å². The molecule has 1 saturated heterocycles. The van der Waals surface area contributed by atoms with E-state index in [1.807, 2.05) is 36.1 Å². The molecule has 1 aromatic carbocycles. The van der Waals surface area contributed by atoms with Crippen molar-refractivity contribution in [3.63, 3.8) is 0 Å². The van der Waals surface area contributed by atoms with Crippen LogP contribution in [0.2, 0.25) is 0 Å². The van der Waals surface area contributed by atoms with Crippen LogP contribution < -0.4 is 10.1 Å². The van der Waals surface area contributed by atoms with Crippen LogP contribution in [0.3, 0.4) is 0 Å². The molecule has 2 rings (SSSR count). The quantitative estimate of drug-likeness (QED) is 0.847. The average molecular weight is 290 g/mol. The standard InChI is InChI=1S/C17H26N2O2/c1-13-7-4-5-8-16(13)21-10-6-9-17(20)19-11-14(2)18-15(3)12-19/h4-5,7-8,14-15,18H,6,9-12H2,1-3H3/t14-,15+. The normalized spacial score (nSPS) is 22.1. The van der Waals surface area contributed by atoms with E-state index in [9.17, 15) is 4.79 Å². The number of carbonyl (C=O) groups excluding carboxylic acids is 1. The predicted molar refractivity (Wildman–Crippen MR) is 84.5 cm³/mol. The molecular formula is C17H26N2O2. The Morgan fingerprint density at radius 2 is 1.95 bits per heavy atom. The zero-order valence-electron chi connectivity index (χ0n) is 13.3. The highest BCUT2D eigenvalue weighted by Gasteiger charge is 2.24. The number of piperazine rings is 1.